The number of thiazole rings is 1. The number of benzene rings is 2. The van der Waals surface area contributed by atoms with E-state index in [1.807, 2.05) is 0 Å². The zero-order chi connectivity index (χ0) is 21.7. The van der Waals surface area contributed by atoms with Crippen LogP contribution in [0.3, 0.4) is 0 Å². The molecule has 0 N–H and O–H groups in total. The van der Waals surface area contributed by atoms with E-state index in [-0.39, 0.29) is 9.90 Å². The van der Waals surface area contributed by atoms with Gasteiger partial charge in [-0.2, -0.15) is 0 Å². The number of ether oxygens (including phenoxy) is 1. The van der Waals surface area contributed by atoms with Gasteiger partial charge in [-0.05, 0) is 39.0 Å². The summed E-state index contributed by atoms with van der Waals surface area (Å²) in [5.41, 5.74) is -2.42. The van der Waals surface area contributed by atoms with E-state index < -0.39 is 27.0 Å². The van der Waals surface area contributed by atoms with Gasteiger partial charge >= 0.3 is 6.09 Å². The van der Waals surface area contributed by atoms with Gasteiger partial charge in [0.15, 0.2) is 0 Å². The van der Waals surface area contributed by atoms with E-state index in [2.05, 4.69) is 4.98 Å². The minimum Gasteiger partial charge on any atom is -0.443 e. The molecule has 0 aliphatic carbocycles. The highest BCUT2D eigenvalue weighted by Gasteiger charge is 2.35. The lowest BCUT2D eigenvalue weighted by molar-refractivity contribution is 0.0544. The number of hydrogen-bond donors (Lipinski definition) is 0. The van der Waals surface area contributed by atoms with Gasteiger partial charge in [0.2, 0.25) is 19.7 Å². The molecule has 9 heteroatoms. The van der Waals surface area contributed by atoms with Gasteiger partial charge in [0.1, 0.15) is 5.60 Å². The van der Waals surface area contributed by atoms with Crippen LogP contribution in [0.2, 0.25) is 0 Å². The minimum atomic E-state index is -4.42. The first-order valence-corrected chi connectivity index (χ1v) is 11.5. The molecule has 4 rings (SSSR count). The van der Waals surface area contributed by atoms with Crippen LogP contribution < -0.4 is 0 Å². The Morgan fingerprint density at radius 3 is 2.50 bits per heavy atom. The van der Waals surface area contributed by atoms with Crippen LogP contribution in [0.15, 0.2) is 59.1 Å². The topological polar surface area (TPSA) is 78.3 Å². The van der Waals surface area contributed by atoms with Crippen molar-refractivity contribution in [3.8, 4) is 0 Å². The molecule has 0 amide bonds. The van der Waals surface area contributed by atoms with Crippen LogP contribution >= 0.6 is 11.3 Å². The zero-order valence-corrected chi connectivity index (χ0v) is 18.1. The van der Waals surface area contributed by atoms with Crippen LogP contribution in [0, 0.1) is 0 Å². The van der Waals surface area contributed by atoms with E-state index in [4.69, 9.17) is 4.74 Å². The third-order valence-electron chi connectivity index (χ3n) is 4.37. The second kappa shape index (κ2) is 7.17. The Bertz CT molecular complexity index is 1330. The lowest BCUT2D eigenvalue weighted by atomic mass is 10.2. The maximum Gasteiger partial charge on any atom is 0.419 e. The van der Waals surface area contributed by atoms with Crippen LogP contribution in [0.25, 0.3) is 21.1 Å². The summed E-state index contributed by atoms with van der Waals surface area (Å²) < 4.78 is 48.4. The summed E-state index contributed by atoms with van der Waals surface area (Å²) in [5, 5.41) is 0.320. The van der Waals surface area contributed by atoms with E-state index >= 15 is 4.39 Å². The van der Waals surface area contributed by atoms with Crippen molar-refractivity contribution in [1.29, 1.82) is 0 Å². The molecule has 6 nitrogen and oxygen atoms in total. The average Bonchev–Trinajstić information content (AvgIpc) is 3.28. The Labute approximate surface area is 176 Å². The molecule has 2 aromatic heterocycles. The fourth-order valence-corrected chi connectivity index (χ4v) is 5.69. The quantitative estimate of drug-likeness (QED) is 0.417. The number of carbonyl (C=O) groups is 1. The van der Waals surface area contributed by atoms with Crippen molar-refractivity contribution in [3.05, 3.63) is 60.3 Å². The number of nitrogens with zero attached hydrogens (tertiary/aromatic N) is 2. The summed E-state index contributed by atoms with van der Waals surface area (Å²) in [5.74, 6) is 0. The molecule has 0 fully saturated rings. The molecular formula is C21H19FN2O4S2. The van der Waals surface area contributed by atoms with Crippen molar-refractivity contribution in [1.82, 2.24) is 9.55 Å². The van der Waals surface area contributed by atoms with E-state index in [1.54, 1.807) is 69.3 Å². The number of alkyl halides is 1. The molecule has 0 spiro atoms. The minimum absolute atomic E-state index is 0.129. The van der Waals surface area contributed by atoms with Gasteiger partial charge in [-0.3, -0.25) is 4.57 Å². The Kier molecular flexibility index (Phi) is 4.90. The van der Waals surface area contributed by atoms with Crippen molar-refractivity contribution in [3.63, 3.8) is 0 Å². The fraction of sp³-hybridized carbons (Fsp3) is 0.238. The molecule has 0 aliphatic rings. The second-order valence-corrected chi connectivity index (χ2v) is 10.9. The molecule has 0 saturated heterocycles. The molecule has 2 heterocycles. The zero-order valence-electron chi connectivity index (χ0n) is 16.5. The highest BCUT2D eigenvalue weighted by Crippen LogP contribution is 2.38. The van der Waals surface area contributed by atoms with E-state index in [0.29, 0.717) is 21.1 Å². The van der Waals surface area contributed by atoms with Crippen molar-refractivity contribution in [2.24, 2.45) is 0 Å². The standard InChI is InChI=1S/C21H19FN2O4S2/c1-21(2,3)28-20(25)24-12-14(13-8-4-6-10-16(13)24)18(22)30(26,27)19-23-15-9-5-7-11-17(15)29-19/h4-12,18H,1-3H3. The highest BCUT2D eigenvalue weighted by molar-refractivity contribution is 7.93. The van der Waals surface area contributed by atoms with Gasteiger partial charge in [0.25, 0.3) is 0 Å². The normalized spacial score (nSPS) is 13.6. The Hall–Kier alpha value is -2.78. The number of para-hydroxylation sites is 2. The van der Waals surface area contributed by atoms with Crippen molar-refractivity contribution in [2.45, 2.75) is 36.2 Å². The van der Waals surface area contributed by atoms with Crippen LogP contribution in [0.5, 0.6) is 0 Å². The summed E-state index contributed by atoms with van der Waals surface area (Å²) in [4.78, 5) is 16.7. The molecule has 30 heavy (non-hydrogen) atoms. The molecule has 1 atom stereocenters. The number of aromatic nitrogens is 2. The Balaban J connectivity index is 1.81. The number of halogens is 1. The molecule has 156 valence electrons. The largest absolute Gasteiger partial charge is 0.443 e. The van der Waals surface area contributed by atoms with E-state index in [1.165, 1.54) is 6.20 Å². The second-order valence-electron chi connectivity index (χ2n) is 7.76. The van der Waals surface area contributed by atoms with E-state index in [0.717, 1.165) is 15.9 Å². The lowest BCUT2D eigenvalue weighted by Gasteiger charge is -2.19. The predicted molar refractivity (Wildman–Crippen MR) is 114 cm³/mol. The molecule has 0 bridgehead atoms. The van der Waals surface area contributed by atoms with Crippen LogP contribution in [0.4, 0.5) is 9.18 Å². The van der Waals surface area contributed by atoms with Gasteiger partial charge < -0.3 is 4.74 Å². The van der Waals surface area contributed by atoms with Gasteiger partial charge in [-0.1, -0.05) is 30.3 Å². The van der Waals surface area contributed by atoms with Crippen LogP contribution in [-0.2, 0) is 14.6 Å². The van der Waals surface area contributed by atoms with Crippen molar-refractivity contribution < 1.29 is 22.3 Å². The first kappa shape index (κ1) is 20.5. The third kappa shape index (κ3) is 3.59. The molecule has 0 radical (unpaired) electrons. The van der Waals surface area contributed by atoms with Crippen LogP contribution in [-0.4, -0.2) is 29.7 Å². The summed E-state index contributed by atoms with van der Waals surface area (Å²) >= 11 is 0.916. The van der Waals surface area contributed by atoms with Gasteiger partial charge in [-0.15, -0.1) is 11.3 Å². The maximum absolute atomic E-state index is 15.5. The third-order valence-corrected chi connectivity index (χ3v) is 7.52. The number of sulfone groups is 1. The predicted octanol–water partition coefficient (Wildman–Crippen LogP) is 5.48. The van der Waals surface area contributed by atoms with Crippen molar-refractivity contribution >= 4 is 48.4 Å². The number of hydrogen-bond acceptors (Lipinski definition) is 6. The Morgan fingerprint density at radius 2 is 1.80 bits per heavy atom. The van der Waals surface area contributed by atoms with Crippen LogP contribution in [0.1, 0.15) is 31.8 Å². The molecule has 0 saturated carbocycles. The molecule has 0 aliphatic heterocycles. The smallest absolute Gasteiger partial charge is 0.419 e. The van der Waals surface area contributed by atoms with E-state index in [9.17, 15) is 13.2 Å². The number of fused-ring (bicyclic) bond motifs is 2. The molecule has 4 aromatic rings. The monoisotopic (exact) mass is 446 g/mol. The summed E-state index contributed by atoms with van der Waals surface area (Å²) in [6, 6.07) is 13.4. The summed E-state index contributed by atoms with van der Waals surface area (Å²) in [7, 11) is -4.42. The Morgan fingerprint density at radius 1 is 1.13 bits per heavy atom. The fourth-order valence-electron chi connectivity index (χ4n) is 3.08. The molecular weight excluding hydrogens is 427 g/mol. The summed E-state index contributed by atoms with van der Waals surface area (Å²) in [6.45, 7) is 5.15. The SMILES string of the molecule is CC(C)(C)OC(=O)n1cc(C(F)S(=O)(=O)c2nc3ccccc3s2)c2ccccc21. The maximum atomic E-state index is 15.5. The lowest BCUT2D eigenvalue weighted by Crippen LogP contribution is -2.26. The molecule has 2 aromatic carbocycles. The van der Waals surface area contributed by atoms with Gasteiger partial charge in [0, 0.05) is 17.1 Å². The molecule has 1 unspecified atom stereocenters. The summed E-state index contributed by atoms with van der Waals surface area (Å²) in [6.07, 6.45) is 0.475. The first-order chi connectivity index (χ1) is 14.1. The van der Waals surface area contributed by atoms with Crippen molar-refractivity contribution in [2.75, 3.05) is 0 Å². The average molecular weight is 447 g/mol. The number of rotatable bonds is 3. The van der Waals surface area contributed by atoms with Gasteiger partial charge in [0.05, 0.1) is 15.7 Å². The first-order valence-electron chi connectivity index (χ1n) is 9.15. The van der Waals surface area contributed by atoms with Gasteiger partial charge in [-0.25, -0.2) is 22.6 Å². The number of carbonyl (C=O) groups excluding carboxylic acids is 1. The highest BCUT2D eigenvalue weighted by atomic mass is 32.2.